The number of rotatable bonds is 19. The fourth-order valence-electron chi connectivity index (χ4n) is 17.5. The highest BCUT2D eigenvalue weighted by molar-refractivity contribution is 5.27. The molecule has 7 aliphatic heterocycles. The van der Waals surface area contributed by atoms with Gasteiger partial charge in [0.25, 0.3) is 0 Å². The van der Waals surface area contributed by atoms with Crippen LogP contribution in [0.5, 0.6) is 0 Å². The highest BCUT2D eigenvalue weighted by Crippen LogP contribution is 2.70. The maximum atomic E-state index is 12.7. The van der Waals surface area contributed by atoms with Crippen LogP contribution in [-0.4, -0.2) is 311 Å². The molecule has 6 saturated heterocycles. The van der Waals surface area contributed by atoms with Crippen molar-refractivity contribution < 1.29 is 148 Å². The first-order chi connectivity index (χ1) is 43.2. The Hall–Kier alpha value is -1.62. The molecule has 11 rings (SSSR count). The molecule has 0 aromatic heterocycles. The molecule has 38 atom stereocenters. The van der Waals surface area contributed by atoms with Crippen molar-refractivity contribution in [2.24, 2.45) is 46.3 Å². The molecular weight excluding hydrogens is 1210 g/mol. The molecule has 11 aliphatic rings. The van der Waals surface area contributed by atoms with Gasteiger partial charge in [-0.3, -0.25) is 0 Å². The molecule has 30 heteroatoms. The zero-order valence-corrected chi connectivity index (χ0v) is 52.0. The molecule has 4 aliphatic carbocycles. The molecule has 0 spiro atoms. The maximum absolute atomic E-state index is 12.7. The predicted octanol–water partition coefficient (Wildman–Crippen LogP) is -5.05. The number of hydrogen-bond acceptors (Lipinski definition) is 30. The van der Waals surface area contributed by atoms with Gasteiger partial charge in [-0.15, -0.1) is 0 Å². The summed E-state index contributed by atoms with van der Waals surface area (Å²) in [6.07, 6.45) is -38.6. The SMILES string of the molecule is CC1=C(CC[C@@H](C)CO[C@@H]2O[C@H](CO)[C@@H](O)[C@H](O)[C@H]2O)O[C@H]2C[C@H]3[C@@H]4CC[C@H]5C[C@@H](O[C@@H]6O[C@H](CO)[C@H](O[C@@H]7O[C@H](CO)[C@@H](O)[C@H](O[C@@H]8OC[C@@H](O)[C@H](O)[C@H]8O)[C@H]7O[C@@H]7OC[C@@H](O)[C@H](O)[C@H]7O)[C@H](O)[C@H]6O[C@@H]6O[C@@H](C)[C@H](O)[C@@H](O)[C@H]6O)CC[C@]5(C)[C@H]4CC[C@]3(C)[C@@H]12. The lowest BCUT2D eigenvalue weighted by atomic mass is 9.44. The van der Waals surface area contributed by atoms with Crippen LogP contribution in [0.4, 0.5) is 0 Å². The summed E-state index contributed by atoms with van der Waals surface area (Å²) < 4.78 is 79.5. The van der Waals surface area contributed by atoms with Crippen LogP contribution in [0.15, 0.2) is 11.3 Å². The van der Waals surface area contributed by atoms with E-state index in [2.05, 4.69) is 20.8 Å². The van der Waals surface area contributed by atoms with E-state index < -0.39 is 211 Å². The summed E-state index contributed by atoms with van der Waals surface area (Å²) in [5.74, 6) is 2.85. The Bertz CT molecular complexity index is 2420. The number of ether oxygens (including phenoxy) is 13. The lowest BCUT2D eigenvalue weighted by Gasteiger charge is -2.61. The van der Waals surface area contributed by atoms with Gasteiger partial charge in [-0.1, -0.05) is 20.8 Å². The van der Waals surface area contributed by atoms with Gasteiger partial charge in [-0.25, -0.2) is 0 Å². The maximum Gasteiger partial charge on any atom is 0.187 e. The third-order valence-corrected chi connectivity index (χ3v) is 22.9. The number of aliphatic hydroxyl groups is 17. The topological polar surface area (TPSA) is 464 Å². The average molecular weight is 1310 g/mol. The smallest absolute Gasteiger partial charge is 0.187 e. The second-order valence-corrected chi connectivity index (χ2v) is 28.4. The molecule has 0 aromatic carbocycles. The first-order valence-electron chi connectivity index (χ1n) is 32.7. The van der Waals surface area contributed by atoms with Gasteiger partial charge < -0.3 is 148 Å². The first-order valence-corrected chi connectivity index (χ1v) is 32.7. The Balaban J connectivity index is 0.776. The minimum absolute atomic E-state index is 0.0253. The molecule has 0 unspecified atom stereocenters. The van der Waals surface area contributed by atoms with E-state index in [-0.39, 0.29) is 41.3 Å². The van der Waals surface area contributed by atoms with Crippen LogP contribution in [0.25, 0.3) is 0 Å². The molecule has 0 aromatic rings. The Morgan fingerprint density at radius 2 is 1.04 bits per heavy atom. The third kappa shape index (κ3) is 13.5. The van der Waals surface area contributed by atoms with Crippen molar-refractivity contribution in [1.82, 2.24) is 0 Å². The van der Waals surface area contributed by atoms with E-state index in [1.54, 1.807) is 0 Å². The molecule has 7 heterocycles. The minimum Gasteiger partial charge on any atom is -0.494 e. The van der Waals surface area contributed by atoms with Crippen molar-refractivity contribution in [1.29, 1.82) is 0 Å². The molecular formula is C61H100O30. The molecule has 4 saturated carbocycles. The van der Waals surface area contributed by atoms with Crippen LogP contribution >= 0.6 is 0 Å². The first kappa shape index (κ1) is 70.7. The normalized spacial score (nSPS) is 53.8. The van der Waals surface area contributed by atoms with Crippen LogP contribution in [0, 0.1) is 46.3 Å². The Labute approximate surface area is 527 Å². The lowest BCUT2D eigenvalue weighted by molar-refractivity contribution is -0.408. The predicted molar refractivity (Wildman–Crippen MR) is 302 cm³/mol. The number of hydrogen-bond donors (Lipinski definition) is 17. The van der Waals surface area contributed by atoms with Crippen molar-refractivity contribution in [3.05, 3.63) is 11.3 Å². The lowest BCUT2D eigenvalue weighted by Crippen LogP contribution is -2.68. The fourth-order valence-corrected chi connectivity index (χ4v) is 17.5. The average Bonchev–Trinajstić information content (AvgIpc) is 1.60. The van der Waals surface area contributed by atoms with E-state index in [1.807, 2.05) is 6.92 Å². The monoisotopic (exact) mass is 1310 g/mol. The summed E-state index contributed by atoms with van der Waals surface area (Å²) in [6, 6.07) is 0. The van der Waals surface area contributed by atoms with Gasteiger partial charge in [0.2, 0.25) is 0 Å². The van der Waals surface area contributed by atoms with E-state index >= 15 is 0 Å². The van der Waals surface area contributed by atoms with Gasteiger partial charge in [0.15, 0.2) is 37.7 Å². The minimum atomic E-state index is -1.96. The Morgan fingerprint density at radius 3 is 1.70 bits per heavy atom. The molecule has 10 fully saturated rings. The summed E-state index contributed by atoms with van der Waals surface area (Å²) in [5.41, 5.74) is 1.26. The van der Waals surface area contributed by atoms with Crippen LogP contribution < -0.4 is 0 Å². The molecule has 0 bridgehead atoms. The molecule has 0 radical (unpaired) electrons. The largest absolute Gasteiger partial charge is 0.494 e. The van der Waals surface area contributed by atoms with Gasteiger partial charge >= 0.3 is 0 Å². The second kappa shape index (κ2) is 28.7. The number of allylic oxidation sites excluding steroid dienone is 1. The summed E-state index contributed by atoms with van der Waals surface area (Å²) in [5, 5.41) is 183. The van der Waals surface area contributed by atoms with Crippen molar-refractivity contribution >= 4 is 0 Å². The molecule has 0 amide bonds. The van der Waals surface area contributed by atoms with Crippen molar-refractivity contribution in [2.75, 3.05) is 39.6 Å². The van der Waals surface area contributed by atoms with Crippen molar-refractivity contribution in [3.8, 4) is 0 Å². The van der Waals surface area contributed by atoms with E-state index in [0.29, 0.717) is 37.0 Å². The Kier molecular flexibility index (Phi) is 22.3. The fraction of sp³-hybridized carbons (Fsp3) is 0.967. The van der Waals surface area contributed by atoms with Crippen LogP contribution in [0.2, 0.25) is 0 Å². The van der Waals surface area contributed by atoms with E-state index in [1.165, 1.54) is 12.5 Å². The van der Waals surface area contributed by atoms with Gasteiger partial charge in [0, 0.05) is 12.3 Å². The van der Waals surface area contributed by atoms with Gasteiger partial charge in [-0.2, -0.15) is 0 Å². The second-order valence-electron chi connectivity index (χ2n) is 28.4. The molecule has 91 heavy (non-hydrogen) atoms. The van der Waals surface area contributed by atoms with E-state index in [9.17, 15) is 86.8 Å². The zero-order chi connectivity index (χ0) is 65.4. The molecule has 524 valence electrons. The quantitative estimate of drug-likeness (QED) is 0.0538. The Morgan fingerprint density at radius 1 is 0.495 bits per heavy atom. The zero-order valence-electron chi connectivity index (χ0n) is 52.0. The summed E-state index contributed by atoms with van der Waals surface area (Å²) >= 11 is 0. The summed E-state index contributed by atoms with van der Waals surface area (Å²) in [7, 11) is 0. The van der Waals surface area contributed by atoms with Gasteiger partial charge in [-0.05, 0) is 118 Å². The highest BCUT2D eigenvalue weighted by atomic mass is 16.8. The molecule has 17 N–H and O–H groups in total. The van der Waals surface area contributed by atoms with Crippen molar-refractivity contribution in [3.63, 3.8) is 0 Å². The van der Waals surface area contributed by atoms with Crippen LogP contribution in [0.1, 0.15) is 98.8 Å². The molecule has 30 nitrogen and oxygen atoms in total. The highest BCUT2D eigenvalue weighted by Gasteiger charge is 2.66. The van der Waals surface area contributed by atoms with E-state index in [0.717, 1.165) is 50.7 Å². The van der Waals surface area contributed by atoms with Crippen LogP contribution in [-0.2, 0) is 61.6 Å². The van der Waals surface area contributed by atoms with E-state index in [4.69, 9.17) is 61.6 Å². The number of fused-ring (bicyclic) bond motifs is 7. The summed E-state index contributed by atoms with van der Waals surface area (Å²) in [6.45, 7) is 7.32. The third-order valence-electron chi connectivity index (χ3n) is 22.9. The van der Waals surface area contributed by atoms with Crippen LogP contribution in [0.3, 0.4) is 0 Å². The standard InChI is InChI=1S/C61H100O30/c1-22(19-79-54-47(76)44(73)41(70)34(16-62)85-54)6-9-32-23(2)37-33(84-32)15-29-27-8-7-25-14-26(10-12-60(25,4)28(27)11-13-61(29,37)5)83-58-52(90-57-48(77)43(72)38(67)24(3)82-57)49(78)50(36(18-64)87-58)88-59-53(91-56-46(75)40(69)31(66)21-81-56)51(42(71)35(17-63)86-59)89-55-45(74)39(68)30(65)20-80-55/h22,24-31,33-59,62-78H,6-21H2,1-5H3/t22-,24+,25+,26+,27-,28+,29+,30-,31-,33+,34-,35-,36-,37+,38+,39+,40+,41-,42-,43-,44+,45-,46-,47-,48-,49+,50+,51+,52-,53-,54-,55+,56+,57+,58-,59+,60+,61+/m1/s1. The number of aliphatic hydroxyl groups excluding tert-OH is 17. The van der Waals surface area contributed by atoms with Gasteiger partial charge in [0.05, 0.1) is 57.6 Å². The van der Waals surface area contributed by atoms with Crippen molar-refractivity contribution in [2.45, 2.75) is 283 Å². The summed E-state index contributed by atoms with van der Waals surface area (Å²) in [4.78, 5) is 0. The van der Waals surface area contributed by atoms with Gasteiger partial charge in [0.1, 0.15) is 134 Å².